The number of benzene rings is 2. The minimum absolute atomic E-state index is 0.0400. The van der Waals surface area contributed by atoms with E-state index >= 15 is 0 Å². The molecule has 2 aliphatic heterocycles. The average molecular weight is 743 g/mol. The number of amides is 3. The molecule has 6 heterocycles. The Morgan fingerprint density at radius 3 is 2.56 bits per heavy atom. The Balaban J connectivity index is 0.757. The van der Waals surface area contributed by atoms with Gasteiger partial charge in [-0.2, -0.15) is 0 Å². The molecule has 0 spiro atoms. The summed E-state index contributed by atoms with van der Waals surface area (Å²) < 4.78 is 14.6. The monoisotopic (exact) mass is 742 g/mol. The molecule has 14 heteroatoms. The quantitative estimate of drug-likeness (QED) is 0.0961. The Kier molecular flexibility index (Phi) is 10.3. The van der Waals surface area contributed by atoms with Gasteiger partial charge < -0.3 is 25.1 Å². The largest absolute Gasteiger partial charge is 0.379 e. The Labute approximate surface area is 316 Å². The van der Waals surface area contributed by atoms with Gasteiger partial charge in [-0.1, -0.05) is 18.2 Å². The molecular formula is C41H42N8O6. The van der Waals surface area contributed by atoms with Crippen LogP contribution in [0.15, 0.2) is 77.9 Å². The summed E-state index contributed by atoms with van der Waals surface area (Å²) in [5, 5.41) is 9.68. The zero-order chi connectivity index (χ0) is 37.9. The van der Waals surface area contributed by atoms with Gasteiger partial charge in [0.15, 0.2) is 0 Å². The van der Waals surface area contributed by atoms with Crippen molar-refractivity contribution in [2.75, 3.05) is 39.5 Å². The maximum atomic E-state index is 13.0. The van der Waals surface area contributed by atoms with Gasteiger partial charge in [0.05, 0.1) is 54.2 Å². The number of nitrogens with zero attached hydrogens (tertiary/aromatic N) is 4. The number of carbonyl (C=O) groups excluding carboxylic acids is 3. The third-order valence-electron chi connectivity index (χ3n) is 10.3. The number of H-pyrrole nitrogens is 1. The van der Waals surface area contributed by atoms with Crippen molar-refractivity contribution in [3.8, 4) is 22.5 Å². The smallest absolute Gasteiger partial charge is 0.329 e. The second-order valence-corrected chi connectivity index (χ2v) is 13.9. The third kappa shape index (κ3) is 7.69. The number of ether oxygens (including phenoxy) is 2. The van der Waals surface area contributed by atoms with Crippen molar-refractivity contribution in [2.45, 2.75) is 38.3 Å². The molecule has 2 aromatic carbocycles. The average Bonchev–Trinajstić information content (AvgIpc) is 3.75. The van der Waals surface area contributed by atoms with Gasteiger partial charge in [0.25, 0.3) is 5.91 Å². The molecule has 1 fully saturated rings. The Morgan fingerprint density at radius 2 is 1.71 bits per heavy atom. The van der Waals surface area contributed by atoms with Crippen LogP contribution in [0.1, 0.15) is 46.1 Å². The van der Waals surface area contributed by atoms with Crippen LogP contribution < -0.4 is 21.6 Å². The maximum absolute atomic E-state index is 13.0. The van der Waals surface area contributed by atoms with Crippen molar-refractivity contribution in [2.24, 2.45) is 7.05 Å². The summed E-state index contributed by atoms with van der Waals surface area (Å²) in [4.78, 5) is 62.0. The van der Waals surface area contributed by atoms with Gasteiger partial charge in [-0.25, -0.2) is 4.79 Å². The molecule has 6 aromatic rings. The summed E-state index contributed by atoms with van der Waals surface area (Å²) in [7, 11) is 1.69. The van der Waals surface area contributed by atoms with Crippen LogP contribution in [0.2, 0.25) is 0 Å². The van der Waals surface area contributed by atoms with Gasteiger partial charge in [-0.3, -0.25) is 38.8 Å². The minimum Gasteiger partial charge on any atom is -0.379 e. The van der Waals surface area contributed by atoms with Gasteiger partial charge in [-0.05, 0) is 66.4 Å². The zero-order valence-electron chi connectivity index (χ0n) is 30.5. The number of imidazole rings is 1. The number of aromatic amines is 1. The number of aromatic nitrogens is 5. The first-order valence-corrected chi connectivity index (χ1v) is 18.6. The molecule has 8 rings (SSSR count). The summed E-state index contributed by atoms with van der Waals surface area (Å²) in [6, 6.07) is 19.3. The number of pyridine rings is 2. The van der Waals surface area contributed by atoms with Crippen LogP contribution in [-0.4, -0.2) is 81.3 Å². The molecule has 1 saturated heterocycles. The number of nitrogens with one attached hydrogen (secondary N) is 4. The van der Waals surface area contributed by atoms with E-state index < -0.39 is 11.9 Å². The molecule has 0 saturated carbocycles. The fourth-order valence-corrected chi connectivity index (χ4v) is 7.31. The molecule has 55 heavy (non-hydrogen) atoms. The lowest BCUT2D eigenvalue weighted by molar-refractivity contribution is -0.135. The summed E-state index contributed by atoms with van der Waals surface area (Å²) in [5.74, 6) is -0.793. The Bertz CT molecular complexity index is 2480. The summed E-state index contributed by atoms with van der Waals surface area (Å²) in [5.41, 5.74) is 9.44. The first-order chi connectivity index (χ1) is 26.8. The highest BCUT2D eigenvalue weighted by atomic mass is 16.5. The molecule has 1 atom stereocenters. The minimum atomic E-state index is -0.700. The normalized spacial score (nSPS) is 15.7. The maximum Gasteiger partial charge on any atom is 0.329 e. The van der Waals surface area contributed by atoms with E-state index in [9.17, 15) is 19.2 Å². The van der Waals surface area contributed by atoms with Gasteiger partial charge in [0.2, 0.25) is 11.8 Å². The van der Waals surface area contributed by atoms with E-state index in [1.807, 2.05) is 42.6 Å². The number of fused-ring (bicyclic) bond motifs is 3. The van der Waals surface area contributed by atoms with Crippen LogP contribution in [0.25, 0.3) is 44.5 Å². The van der Waals surface area contributed by atoms with E-state index in [0.717, 1.165) is 62.2 Å². The molecule has 0 bridgehead atoms. The predicted octanol–water partition coefficient (Wildman–Crippen LogP) is 3.57. The van der Waals surface area contributed by atoms with Crippen LogP contribution in [0, 0.1) is 0 Å². The second-order valence-electron chi connectivity index (χ2n) is 13.9. The molecule has 4 aromatic heterocycles. The fourth-order valence-electron chi connectivity index (χ4n) is 7.31. The molecule has 3 amide bonds. The number of hydrogen-bond donors (Lipinski definition) is 4. The second kappa shape index (κ2) is 15.8. The van der Waals surface area contributed by atoms with Gasteiger partial charge >= 0.3 is 5.69 Å². The number of hydrogen-bond acceptors (Lipinski definition) is 9. The van der Waals surface area contributed by atoms with Crippen LogP contribution >= 0.6 is 0 Å². The first kappa shape index (κ1) is 36.0. The number of aryl methyl sites for hydroxylation is 1. The highest BCUT2D eigenvalue weighted by Crippen LogP contribution is 2.29. The van der Waals surface area contributed by atoms with Crippen molar-refractivity contribution >= 4 is 39.7 Å². The van der Waals surface area contributed by atoms with E-state index in [2.05, 4.69) is 50.2 Å². The lowest BCUT2D eigenvalue weighted by Crippen LogP contribution is -2.44. The Morgan fingerprint density at radius 1 is 0.855 bits per heavy atom. The molecule has 0 radical (unpaired) electrons. The number of rotatable bonds is 14. The fraction of sp³-hybridized carbons (Fsp3) is 0.317. The van der Waals surface area contributed by atoms with Crippen molar-refractivity contribution in [3.05, 3.63) is 106 Å². The van der Waals surface area contributed by atoms with Crippen LogP contribution in [0.5, 0.6) is 0 Å². The summed E-state index contributed by atoms with van der Waals surface area (Å²) in [6.45, 7) is 4.03. The van der Waals surface area contributed by atoms with Crippen molar-refractivity contribution in [1.29, 1.82) is 0 Å². The van der Waals surface area contributed by atoms with Gasteiger partial charge in [-0.15, -0.1) is 0 Å². The molecule has 0 aliphatic carbocycles. The van der Waals surface area contributed by atoms with E-state index in [1.54, 1.807) is 13.2 Å². The van der Waals surface area contributed by atoms with E-state index in [-0.39, 0.29) is 23.9 Å². The van der Waals surface area contributed by atoms with Gasteiger partial charge in [0.1, 0.15) is 6.04 Å². The lowest BCUT2D eigenvalue weighted by atomic mass is 10.1. The van der Waals surface area contributed by atoms with Crippen LogP contribution in [0.3, 0.4) is 0 Å². The molecule has 14 nitrogen and oxygen atoms in total. The van der Waals surface area contributed by atoms with Crippen molar-refractivity contribution in [1.82, 2.24) is 40.0 Å². The Hall–Kier alpha value is -5.96. The SMILES string of the molecule is Cn1c(=O)n(C2CCC(=O)NC2=O)c2ccc(CCOCCOCCNCc3ccc4cc(-c5cc(-c6cc7c([nH]6)CCNC7=O)ccn5)cnc4c3)cc21. The highest BCUT2D eigenvalue weighted by Gasteiger charge is 2.31. The van der Waals surface area contributed by atoms with Crippen molar-refractivity contribution < 1.29 is 23.9 Å². The molecule has 282 valence electrons. The van der Waals surface area contributed by atoms with E-state index in [4.69, 9.17) is 14.5 Å². The van der Waals surface area contributed by atoms with Crippen LogP contribution in [0.4, 0.5) is 0 Å². The van der Waals surface area contributed by atoms with E-state index in [1.165, 1.54) is 9.13 Å². The zero-order valence-corrected chi connectivity index (χ0v) is 30.5. The molecule has 4 N–H and O–H groups in total. The first-order valence-electron chi connectivity index (χ1n) is 18.6. The number of carbonyl (C=O) groups is 3. The number of imide groups is 1. The topological polar surface area (TPSA) is 174 Å². The van der Waals surface area contributed by atoms with Gasteiger partial charge in [0, 0.05) is 79.8 Å². The summed E-state index contributed by atoms with van der Waals surface area (Å²) >= 11 is 0. The number of piperidine rings is 1. The third-order valence-corrected chi connectivity index (χ3v) is 10.3. The summed E-state index contributed by atoms with van der Waals surface area (Å²) in [6.07, 6.45) is 5.60. The molecular weight excluding hydrogens is 701 g/mol. The standard InChI is InChI=1S/C41H42N8O6/c1-48-37-19-25(3-5-35(37)49(41(48)53)36-6-7-38(50)47-40(36)52)10-14-54-16-17-55-15-13-42-23-26-2-4-27-20-29(24-45-32(27)18-26)33-21-28(8-11-43-33)34-22-30-31(46-34)9-12-44-39(30)51/h2-5,8,11,18-22,24,36,42,46H,6-7,9-10,12-17,23H2,1H3,(H,44,51)(H,47,50,52). The predicted molar refractivity (Wildman–Crippen MR) is 206 cm³/mol. The van der Waals surface area contributed by atoms with Crippen molar-refractivity contribution in [3.63, 3.8) is 0 Å². The molecule has 2 aliphatic rings. The van der Waals surface area contributed by atoms with Crippen LogP contribution in [-0.2, 0) is 45.5 Å². The highest BCUT2D eigenvalue weighted by molar-refractivity contribution is 6.00. The lowest BCUT2D eigenvalue weighted by Gasteiger charge is -2.21. The van der Waals surface area contributed by atoms with E-state index in [0.29, 0.717) is 70.0 Å². The molecule has 1 unspecified atom stereocenters.